The quantitative estimate of drug-likeness (QED) is 0.598. The van der Waals surface area contributed by atoms with Crippen LogP contribution in [-0.2, 0) is 5.75 Å². The summed E-state index contributed by atoms with van der Waals surface area (Å²) in [6.07, 6.45) is 0. The van der Waals surface area contributed by atoms with Crippen LogP contribution >= 0.6 is 11.8 Å². The summed E-state index contributed by atoms with van der Waals surface area (Å²) in [5.41, 5.74) is 5.58. The number of aliphatic hydroxyl groups is 1. The molecule has 6 nitrogen and oxygen atoms in total. The zero-order valence-electron chi connectivity index (χ0n) is 9.83. The molecule has 0 spiro atoms. The van der Waals surface area contributed by atoms with Gasteiger partial charge in [0.2, 0.25) is 5.91 Å². The summed E-state index contributed by atoms with van der Waals surface area (Å²) < 4.78 is 0. The lowest BCUT2D eigenvalue weighted by molar-refractivity contribution is -0.385. The molecule has 0 heterocycles. The predicted octanol–water partition coefficient (Wildman–Crippen LogP) is 1.31. The number of thioether (sulfide) groups is 1. The normalized spacial score (nSPS) is 12.1. The van der Waals surface area contributed by atoms with E-state index in [0.29, 0.717) is 11.3 Å². The molecule has 1 rings (SSSR count). The van der Waals surface area contributed by atoms with Gasteiger partial charge in [-0.25, -0.2) is 0 Å². The van der Waals surface area contributed by atoms with Gasteiger partial charge in [0.1, 0.15) is 0 Å². The van der Waals surface area contributed by atoms with E-state index < -0.39 is 10.8 Å². The van der Waals surface area contributed by atoms with Crippen LogP contribution < -0.4 is 5.73 Å². The van der Waals surface area contributed by atoms with E-state index in [1.807, 2.05) is 6.92 Å². The smallest absolute Gasteiger partial charge is 0.274 e. The Kier molecular flexibility index (Phi) is 5.11. The zero-order chi connectivity index (χ0) is 13.7. The highest BCUT2D eigenvalue weighted by Gasteiger charge is 2.17. The molecule has 0 aliphatic heterocycles. The van der Waals surface area contributed by atoms with Crippen LogP contribution in [0, 0.1) is 10.1 Å². The summed E-state index contributed by atoms with van der Waals surface area (Å²) in [7, 11) is 0. The van der Waals surface area contributed by atoms with Crippen molar-refractivity contribution in [3.63, 3.8) is 0 Å². The Morgan fingerprint density at radius 3 is 2.78 bits per heavy atom. The van der Waals surface area contributed by atoms with Crippen molar-refractivity contribution in [2.75, 3.05) is 6.61 Å². The van der Waals surface area contributed by atoms with E-state index in [1.54, 1.807) is 0 Å². The first-order chi connectivity index (χ1) is 8.45. The molecule has 0 aliphatic carbocycles. The van der Waals surface area contributed by atoms with Gasteiger partial charge in [-0.2, -0.15) is 11.8 Å². The minimum absolute atomic E-state index is 0.000390. The molecular weight excluding hydrogens is 256 g/mol. The number of rotatable bonds is 6. The second-order valence-corrected chi connectivity index (χ2v) is 5.20. The number of nitro groups is 1. The zero-order valence-corrected chi connectivity index (χ0v) is 10.6. The van der Waals surface area contributed by atoms with E-state index in [4.69, 9.17) is 10.8 Å². The minimum Gasteiger partial charge on any atom is -0.395 e. The molecule has 0 radical (unpaired) electrons. The lowest BCUT2D eigenvalue weighted by Crippen LogP contribution is -2.11. The molecule has 0 saturated heterocycles. The van der Waals surface area contributed by atoms with E-state index in [-0.39, 0.29) is 23.1 Å². The van der Waals surface area contributed by atoms with Crippen molar-refractivity contribution in [2.45, 2.75) is 17.9 Å². The highest BCUT2D eigenvalue weighted by Crippen LogP contribution is 2.26. The number of hydrogen-bond acceptors (Lipinski definition) is 5. The third-order valence-electron chi connectivity index (χ3n) is 2.35. The largest absolute Gasteiger partial charge is 0.395 e. The van der Waals surface area contributed by atoms with Gasteiger partial charge in [0.05, 0.1) is 11.5 Å². The van der Waals surface area contributed by atoms with Gasteiger partial charge in [-0.1, -0.05) is 13.0 Å². The number of carbonyl (C=O) groups is 1. The average molecular weight is 270 g/mol. The van der Waals surface area contributed by atoms with Gasteiger partial charge in [0, 0.05) is 28.2 Å². The highest BCUT2D eigenvalue weighted by atomic mass is 32.2. The second-order valence-electron chi connectivity index (χ2n) is 3.77. The van der Waals surface area contributed by atoms with E-state index in [9.17, 15) is 14.9 Å². The number of nitro benzene ring substituents is 1. The molecule has 1 amide bonds. The summed E-state index contributed by atoms with van der Waals surface area (Å²) in [5.74, 6) is -0.294. The fraction of sp³-hybridized carbons (Fsp3) is 0.364. The first kappa shape index (κ1) is 14.5. The Balaban J connectivity index is 2.97. The van der Waals surface area contributed by atoms with Crippen LogP contribution in [0.25, 0.3) is 0 Å². The summed E-state index contributed by atoms with van der Waals surface area (Å²) in [4.78, 5) is 21.3. The predicted molar refractivity (Wildman–Crippen MR) is 69.5 cm³/mol. The number of aliphatic hydroxyl groups excluding tert-OH is 1. The van der Waals surface area contributed by atoms with E-state index in [1.165, 1.54) is 30.0 Å². The van der Waals surface area contributed by atoms with Gasteiger partial charge in [-0.05, 0) is 6.07 Å². The first-order valence-electron chi connectivity index (χ1n) is 5.25. The summed E-state index contributed by atoms with van der Waals surface area (Å²) in [6.45, 7) is 1.84. The Labute approximate surface area is 108 Å². The molecule has 98 valence electrons. The maximum absolute atomic E-state index is 11.0. The van der Waals surface area contributed by atoms with Gasteiger partial charge in [-0.15, -0.1) is 0 Å². The molecular formula is C11H14N2O4S. The molecule has 1 aromatic carbocycles. The number of amides is 1. The fourth-order valence-electron chi connectivity index (χ4n) is 1.29. The SMILES string of the molecule is CC(CO)SCc1ccc(C(N)=O)cc1[N+](=O)[O-]. The van der Waals surface area contributed by atoms with Crippen LogP contribution in [0.15, 0.2) is 18.2 Å². The van der Waals surface area contributed by atoms with E-state index >= 15 is 0 Å². The highest BCUT2D eigenvalue weighted by molar-refractivity contribution is 7.99. The lowest BCUT2D eigenvalue weighted by Gasteiger charge is -2.08. The fourth-order valence-corrected chi connectivity index (χ4v) is 2.11. The Morgan fingerprint density at radius 1 is 1.61 bits per heavy atom. The molecule has 1 atom stereocenters. The number of hydrogen-bond donors (Lipinski definition) is 2. The molecule has 1 aromatic rings. The summed E-state index contributed by atoms with van der Waals surface area (Å²) in [6, 6.07) is 4.17. The number of carbonyl (C=O) groups excluding carboxylic acids is 1. The second kappa shape index (κ2) is 6.36. The van der Waals surface area contributed by atoms with Gasteiger partial charge >= 0.3 is 0 Å². The molecule has 0 aliphatic rings. The summed E-state index contributed by atoms with van der Waals surface area (Å²) in [5, 5.41) is 19.8. The molecule has 0 saturated carbocycles. The molecule has 0 aromatic heterocycles. The van der Waals surface area contributed by atoms with Gasteiger partial charge in [0.15, 0.2) is 0 Å². The van der Waals surface area contributed by atoms with Crippen molar-refractivity contribution in [3.8, 4) is 0 Å². The van der Waals surface area contributed by atoms with Crippen molar-refractivity contribution in [3.05, 3.63) is 39.4 Å². The average Bonchev–Trinajstić information content (AvgIpc) is 2.35. The van der Waals surface area contributed by atoms with Crippen molar-refractivity contribution in [1.82, 2.24) is 0 Å². The third kappa shape index (κ3) is 3.71. The van der Waals surface area contributed by atoms with Crippen LogP contribution in [0.1, 0.15) is 22.8 Å². The van der Waals surface area contributed by atoms with Gasteiger partial charge in [0.25, 0.3) is 5.69 Å². The van der Waals surface area contributed by atoms with E-state index in [0.717, 1.165) is 0 Å². The summed E-state index contributed by atoms with van der Waals surface area (Å²) >= 11 is 1.40. The molecule has 7 heteroatoms. The Hall–Kier alpha value is -1.60. The van der Waals surface area contributed by atoms with Crippen LogP contribution in [0.5, 0.6) is 0 Å². The van der Waals surface area contributed by atoms with Crippen LogP contribution in [0.4, 0.5) is 5.69 Å². The minimum atomic E-state index is -0.693. The van der Waals surface area contributed by atoms with Gasteiger partial charge in [-0.3, -0.25) is 14.9 Å². The van der Waals surface area contributed by atoms with E-state index in [2.05, 4.69) is 0 Å². The first-order valence-corrected chi connectivity index (χ1v) is 6.30. The maximum atomic E-state index is 11.0. The maximum Gasteiger partial charge on any atom is 0.274 e. The topological polar surface area (TPSA) is 106 Å². The van der Waals surface area contributed by atoms with Gasteiger partial charge < -0.3 is 10.8 Å². The third-order valence-corrected chi connectivity index (χ3v) is 3.54. The van der Waals surface area contributed by atoms with Crippen molar-refractivity contribution < 1.29 is 14.8 Å². The molecule has 18 heavy (non-hydrogen) atoms. The van der Waals surface area contributed by atoms with Crippen molar-refractivity contribution in [2.24, 2.45) is 5.73 Å². The standard InChI is InChI=1S/C11H14N2O4S/c1-7(5-14)18-6-9-3-2-8(11(12)15)4-10(9)13(16)17/h2-4,7,14H,5-6H2,1H3,(H2,12,15). The number of benzene rings is 1. The number of primary amides is 1. The van der Waals surface area contributed by atoms with Crippen LogP contribution in [-0.4, -0.2) is 27.8 Å². The van der Waals surface area contributed by atoms with Crippen molar-refractivity contribution in [1.29, 1.82) is 0 Å². The molecule has 3 N–H and O–H groups in total. The molecule has 0 fully saturated rings. The Bertz CT molecular complexity index is 464. The Morgan fingerprint density at radius 2 is 2.28 bits per heavy atom. The van der Waals surface area contributed by atoms with Crippen LogP contribution in [0.3, 0.4) is 0 Å². The molecule has 1 unspecified atom stereocenters. The number of nitrogens with zero attached hydrogens (tertiary/aromatic N) is 1. The number of nitrogens with two attached hydrogens (primary N) is 1. The lowest BCUT2D eigenvalue weighted by atomic mass is 10.1. The van der Waals surface area contributed by atoms with Crippen molar-refractivity contribution >= 4 is 23.4 Å². The monoisotopic (exact) mass is 270 g/mol. The molecule has 0 bridgehead atoms. The van der Waals surface area contributed by atoms with Crippen LogP contribution in [0.2, 0.25) is 0 Å².